The maximum Gasteiger partial charge on any atom is 0.327 e. The van der Waals surface area contributed by atoms with E-state index in [1.165, 1.54) is 6.20 Å². The van der Waals surface area contributed by atoms with Crippen molar-refractivity contribution in [2.24, 2.45) is 0 Å². The smallest absolute Gasteiger partial charge is 0.327 e. The lowest BCUT2D eigenvalue weighted by Gasteiger charge is -2.15. The number of hydrogen-bond donors (Lipinski definition) is 4. The van der Waals surface area contributed by atoms with Gasteiger partial charge in [-0.05, 0) is 0 Å². The zero-order chi connectivity index (χ0) is 9.14. The normalized spacial score (nSPS) is 20.4. The van der Waals surface area contributed by atoms with Gasteiger partial charge in [0.25, 0.3) is 5.91 Å². The molecule has 0 saturated carbocycles. The Morgan fingerprint density at radius 1 is 1.42 bits per heavy atom. The van der Waals surface area contributed by atoms with E-state index >= 15 is 0 Å². The average molecular weight is 168 g/mol. The second kappa shape index (κ2) is 3.04. The molecule has 1 heterocycles. The van der Waals surface area contributed by atoms with Gasteiger partial charge in [-0.1, -0.05) is 0 Å². The van der Waals surface area contributed by atoms with Crippen molar-refractivity contribution in [1.29, 1.82) is 5.41 Å². The highest BCUT2D eigenvalue weighted by Crippen LogP contribution is 1.97. The summed E-state index contributed by atoms with van der Waals surface area (Å²) in [6, 6.07) is -0.668. The minimum Gasteiger partial charge on any atom is -0.393 e. The van der Waals surface area contributed by atoms with Crippen LogP contribution in [-0.4, -0.2) is 24.8 Å². The molecule has 0 atom stereocenters. The molecule has 6 nitrogen and oxygen atoms in total. The molecule has 4 N–H and O–H groups in total. The van der Waals surface area contributed by atoms with Crippen molar-refractivity contribution in [2.45, 2.75) is 0 Å². The summed E-state index contributed by atoms with van der Waals surface area (Å²) in [5.74, 6) is -0.767. The van der Waals surface area contributed by atoms with Crippen LogP contribution in [0.15, 0.2) is 11.8 Å². The molecule has 12 heavy (non-hydrogen) atoms. The molecule has 0 spiro atoms. The molecule has 0 radical (unpaired) electrons. The Bertz CT molecular complexity index is 259. The fourth-order valence-electron chi connectivity index (χ4n) is 0.778. The van der Waals surface area contributed by atoms with Crippen molar-refractivity contribution in [2.75, 3.05) is 7.05 Å². The third-order valence-electron chi connectivity index (χ3n) is 1.27. The summed E-state index contributed by atoms with van der Waals surface area (Å²) in [5, 5.41) is 14.0. The van der Waals surface area contributed by atoms with Crippen LogP contribution < -0.4 is 16.0 Å². The fourth-order valence-corrected chi connectivity index (χ4v) is 0.778. The molecule has 0 unspecified atom stereocenters. The zero-order valence-electron chi connectivity index (χ0n) is 6.39. The zero-order valence-corrected chi connectivity index (χ0v) is 6.39. The molecule has 0 aromatic heterocycles. The van der Waals surface area contributed by atoms with Crippen molar-refractivity contribution in [3.63, 3.8) is 0 Å². The van der Waals surface area contributed by atoms with Gasteiger partial charge in [0.05, 0.1) is 5.57 Å². The van der Waals surface area contributed by atoms with Crippen LogP contribution in [0, 0.1) is 5.41 Å². The predicted molar refractivity (Wildman–Crippen MR) is 41.5 cm³/mol. The van der Waals surface area contributed by atoms with Crippen LogP contribution in [0.4, 0.5) is 4.79 Å². The molecular formula is C6H8N4O2. The Morgan fingerprint density at radius 2 is 2.08 bits per heavy atom. The van der Waals surface area contributed by atoms with Gasteiger partial charge in [-0.25, -0.2) is 4.79 Å². The highest BCUT2D eigenvalue weighted by Gasteiger charge is 2.24. The lowest BCUT2D eigenvalue weighted by atomic mass is 10.2. The van der Waals surface area contributed by atoms with E-state index in [-0.39, 0.29) is 11.4 Å². The van der Waals surface area contributed by atoms with Gasteiger partial charge in [0.1, 0.15) is 5.84 Å². The van der Waals surface area contributed by atoms with E-state index in [2.05, 4.69) is 10.6 Å². The van der Waals surface area contributed by atoms with Crippen LogP contribution in [0.25, 0.3) is 0 Å². The quantitative estimate of drug-likeness (QED) is 0.374. The summed E-state index contributed by atoms with van der Waals surface area (Å²) in [5.41, 5.74) is 0.108. The first kappa shape index (κ1) is 8.25. The van der Waals surface area contributed by atoms with Crippen LogP contribution in [0.2, 0.25) is 0 Å². The predicted octanol–water partition coefficient (Wildman–Crippen LogP) is -1.09. The van der Waals surface area contributed by atoms with Crippen LogP contribution in [-0.2, 0) is 4.79 Å². The standard InChI is InChI=1S/C6H8N4O2/c1-8-2-3-4(7)9-6(12)10-5(3)11/h2,8H,1H3,(H3,7,9,10,11,12)/b3-2+. The number of urea groups is 1. The van der Waals surface area contributed by atoms with E-state index in [0.29, 0.717) is 0 Å². The van der Waals surface area contributed by atoms with E-state index in [1.54, 1.807) is 7.05 Å². The molecule has 1 saturated heterocycles. The van der Waals surface area contributed by atoms with Crippen molar-refractivity contribution in [3.05, 3.63) is 11.8 Å². The third kappa shape index (κ3) is 1.42. The number of amides is 3. The molecule has 0 aromatic rings. The second-order valence-corrected chi connectivity index (χ2v) is 2.13. The van der Waals surface area contributed by atoms with Crippen LogP contribution in [0.3, 0.4) is 0 Å². The maximum atomic E-state index is 11.0. The lowest BCUT2D eigenvalue weighted by molar-refractivity contribution is -0.116. The molecule has 1 aliphatic heterocycles. The highest BCUT2D eigenvalue weighted by molar-refractivity contribution is 6.29. The summed E-state index contributed by atoms with van der Waals surface area (Å²) in [7, 11) is 1.60. The van der Waals surface area contributed by atoms with Crippen molar-refractivity contribution >= 4 is 17.8 Å². The van der Waals surface area contributed by atoms with Gasteiger partial charge >= 0.3 is 6.03 Å². The maximum absolute atomic E-state index is 11.0. The molecule has 64 valence electrons. The first-order valence-corrected chi connectivity index (χ1v) is 3.24. The molecule has 1 rings (SSSR count). The Hall–Kier alpha value is -1.85. The molecule has 1 aliphatic rings. The average Bonchev–Trinajstić information content (AvgIpc) is 1.96. The van der Waals surface area contributed by atoms with E-state index in [4.69, 9.17) is 5.41 Å². The van der Waals surface area contributed by atoms with Crippen LogP contribution in [0.5, 0.6) is 0 Å². The number of hydrogen-bond acceptors (Lipinski definition) is 4. The number of carbonyl (C=O) groups excluding carboxylic acids is 2. The summed E-state index contributed by atoms with van der Waals surface area (Å²) < 4.78 is 0. The number of imide groups is 1. The Labute approximate surface area is 68.5 Å². The minimum atomic E-state index is -0.668. The van der Waals surface area contributed by atoms with E-state index < -0.39 is 11.9 Å². The van der Waals surface area contributed by atoms with Crippen LogP contribution >= 0.6 is 0 Å². The minimum absolute atomic E-state index is 0.108. The molecule has 0 aliphatic carbocycles. The molecule has 6 heteroatoms. The number of carbonyl (C=O) groups is 2. The van der Waals surface area contributed by atoms with Gasteiger partial charge in [-0.2, -0.15) is 0 Å². The van der Waals surface area contributed by atoms with Gasteiger partial charge in [-0.3, -0.25) is 20.8 Å². The SMILES string of the molecule is CN/C=C1\C(=N)NC(=O)NC1=O. The fraction of sp³-hybridized carbons (Fsp3) is 0.167. The molecule has 0 bridgehead atoms. The topological polar surface area (TPSA) is 94.1 Å². The van der Waals surface area contributed by atoms with Gasteiger partial charge in [0.2, 0.25) is 0 Å². The third-order valence-corrected chi connectivity index (χ3v) is 1.27. The summed E-state index contributed by atoms with van der Waals surface area (Å²) in [4.78, 5) is 21.6. The second-order valence-electron chi connectivity index (χ2n) is 2.13. The van der Waals surface area contributed by atoms with E-state index in [0.717, 1.165) is 0 Å². The molecule has 3 amide bonds. The number of rotatable bonds is 1. The molecule has 1 fully saturated rings. The van der Waals surface area contributed by atoms with Gasteiger partial charge in [-0.15, -0.1) is 0 Å². The lowest BCUT2D eigenvalue weighted by Crippen LogP contribution is -2.51. The van der Waals surface area contributed by atoms with E-state index in [9.17, 15) is 9.59 Å². The van der Waals surface area contributed by atoms with Gasteiger partial charge in [0.15, 0.2) is 0 Å². The van der Waals surface area contributed by atoms with Gasteiger partial charge in [0, 0.05) is 13.2 Å². The number of amidine groups is 1. The Morgan fingerprint density at radius 3 is 2.58 bits per heavy atom. The summed E-state index contributed by atoms with van der Waals surface area (Å²) >= 11 is 0. The van der Waals surface area contributed by atoms with Crippen molar-refractivity contribution in [1.82, 2.24) is 16.0 Å². The summed E-state index contributed by atoms with van der Waals surface area (Å²) in [6.45, 7) is 0. The number of nitrogens with one attached hydrogen (secondary N) is 4. The Kier molecular flexibility index (Phi) is 2.09. The molecular weight excluding hydrogens is 160 g/mol. The summed E-state index contributed by atoms with van der Waals surface area (Å²) in [6.07, 6.45) is 1.34. The van der Waals surface area contributed by atoms with Crippen LogP contribution in [0.1, 0.15) is 0 Å². The largest absolute Gasteiger partial charge is 0.393 e. The molecule has 0 aromatic carbocycles. The van der Waals surface area contributed by atoms with Crippen molar-refractivity contribution < 1.29 is 9.59 Å². The van der Waals surface area contributed by atoms with Crippen molar-refractivity contribution in [3.8, 4) is 0 Å². The first-order chi connectivity index (χ1) is 5.65. The highest BCUT2D eigenvalue weighted by atomic mass is 16.2. The Balaban J connectivity index is 2.88. The first-order valence-electron chi connectivity index (χ1n) is 3.24. The monoisotopic (exact) mass is 168 g/mol. The van der Waals surface area contributed by atoms with Gasteiger partial charge < -0.3 is 5.32 Å². The van der Waals surface area contributed by atoms with E-state index in [1.807, 2.05) is 5.32 Å².